The first-order valence-electron chi connectivity index (χ1n) is 10.6. The number of nitrogens with zero attached hydrogens (tertiary/aromatic N) is 4. The van der Waals surface area contributed by atoms with Crippen LogP contribution in [0, 0.1) is 0 Å². The van der Waals surface area contributed by atoms with Gasteiger partial charge in [-0.1, -0.05) is 45.0 Å². The van der Waals surface area contributed by atoms with Gasteiger partial charge in [-0.3, -0.25) is 0 Å². The van der Waals surface area contributed by atoms with E-state index in [9.17, 15) is 0 Å². The van der Waals surface area contributed by atoms with Gasteiger partial charge in [0.2, 0.25) is 0 Å². The van der Waals surface area contributed by atoms with Crippen molar-refractivity contribution in [1.82, 2.24) is 0 Å². The Morgan fingerprint density at radius 2 is 1.00 bits per heavy atom. The Morgan fingerprint density at radius 1 is 0.600 bits per heavy atom. The summed E-state index contributed by atoms with van der Waals surface area (Å²) in [5, 5.41) is 0. The van der Waals surface area contributed by atoms with E-state index < -0.39 is 0 Å². The molecule has 0 aliphatic carbocycles. The van der Waals surface area contributed by atoms with Crippen molar-refractivity contribution in [3.63, 3.8) is 0 Å². The number of rotatable bonds is 2. The van der Waals surface area contributed by atoms with E-state index in [2.05, 4.69) is 121 Å². The summed E-state index contributed by atoms with van der Waals surface area (Å²) in [4.78, 5) is 9.49. The van der Waals surface area contributed by atoms with E-state index in [1.165, 1.54) is 39.7 Å². The van der Waals surface area contributed by atoms with Crippen LogP contribution < -0.4 is 19.6 Å². The van der Waals surface area contributed by atoms with Gasteiger partial charge in [0, 0.05) is 25.5 Å². The second-order valence-electron chi connectivity index (χ2n) is 9.50. The maximum atomic E-state index is 2.43. The summed E-state index contributed by atoms with van der Waals surface area (Å²) in [6, 6.07) is 24.4. The van der Waals surface area contributed by atoms with Crippen LogP contribution >= 0.6 is 0 Å². The fourth-order valence-corrected chi connectivity index (χ4v) is 4.54. The van der Waals surface area contributed by atoms with Gasteiger partial charge in [0.1, 0.15) is 0 Å². The van der Waals surface area contributed by atoms with E-state index in [1.54, 1.807) is 0 Å². The van der Waals surface area contributed by atoms with Crippen molar-refractivity contribution >= 4 is 34.1 Å². The van der Waals surface area contributed by atoms with E-state index in [0.29, 0.717) is 0 Å². The number of anilines is 6. The number of para-hydroxylation sites is 4. The largest absolute Gasteiger partial charge is 0.355 e. The molecule has 0 aromatic heterocycles. The van der Waals surface area contributed by atoms with Crippen LogP contribution in [0.2, 0.25) is 0 Å². The molecule has 0 bridgehead atoms. The van der Waals surface area contributed by atoms with Crippen molar-refractivity contribution in [3.05, 3.63) is 72.3 Å². The number of fused-ring (bicyclic) bond motifs is 2. The summed E-state index contributed by atoms with van der Waals surface area (Å²) in [6.45, 7) is 8.61. The highest BCUT2D eigenvalue weighted by atomic mass is 15.4. The van der Waals surface area contributed by atoms with E-state index in [-0.39, 0.29) is 5.41 Å². The van der Waals surface area contributed by atoms with Crippen molar-refractivity contribution in [2.24, 2.45) is 0 Å². The summed E-state index contributed by atoms with van der Waals surface area (Å²) < 4.78 is 0. The van der Waals surface area contributed by atoms with E-state index in [0.717, 1.165) is 13.3 Å². The molecule has 0 spiro atoms. The van der Waals surface area contributed by atoms with Gasteiger partial charge in [-0.05, 0) is 53.4 Å². The van der Waals surface area contributed by atoms with Gasteiger partial charge in [0.25, 0.3) is 0 Å². The molecule has 3 aromatic rings. The molecule has 4 heteroatoms. The van der Waals surface area contributed by atoms with Crippen LogP contribution in [-0.2, 0) is 5.41 Å². The monoisotopic (exact) mass is 398 g/mol. The van der Waals surface area contributed by atoms with Crippen molar-refractivity contribution in [1.29, 1.82) is 0 Å². The molecule has 2 aliphatic heterocycles. The molecule has 0 amide bonds. The first-order chi connectivity index (χ1) is 14.3. The third kappa shape index (κ3) is 2.98. The first-order valence-corrected chi connectivity index (χ1v) is 10.6. The van der Waals surface area contributed by atoms with Crippen LogP contribution in [0.1, 0.15) is 26.3 Å². The number of benzene rings is 3. The lowest BCUT2D eigenvalue weighted by molar-refractivity contribution is 0.590. The molecular formula is C26H30N4. The zero-order valence-electron chi connectivity index (χ0n) is 18.6. The lowest BCUT2D eigenvalue weighted by Gasteiger charge is -2.28. The molecule has 0 radical (unpaired) electrons. The maximum Gasteiger partial charge on any atom is 0.0950 e. The van der Waals surface area contributed by atoms with Gasteiger partial charge in [-0.15, -0.1) is 0 Å². The highest BCUT2D eigenvalue weighted by Gasteiger charge is 2.29. The zero-order valence-corrected chi connectivity index (χ0v) is 18.6. The van der Waals surface area contributed by atoms with Gasteiger partial charge in [-0.2, -0.15) is 0 Å². The average Bonchev–Trinajstić information content (AvgIpc) is 3.25. The normalized spacial score (nSPS) is 15.6. The summed E-state index contributed by atoms with van der Waals surface area (Å²) in [5.74, 6) is 0. The third-order valence-corrected chi connectivity index (χ3v) is 6.27. The van der Waals surface area contributed by atoms with Crippen LogP contribution in [0.3, 0.4) is 0 Å². The van der Waals surface area contributed by atoms with E-state index in [1.807, 2.05) is 0 Å². The molecule has 2 heterocycles. The van der Waals surface area contributed by atoms with Crippen LogP contribution in [0.15, 0.2) is 66.7 Å². The predicted octanol–water partition coefficient (Wildman–Crippen LogP) is 6.07. The molecule has 0 saturated carbocycles. The average molecular weight is 399 g/mol. The molecule has 4 nitrogen and oxygen atoms in total. The van der Waals surface area contributed by atoms with E-state index >= 15 is 0 Å². The maximum absolute atomic E-state index is 2.43. The Bertz CT molecular complexity index is 1020. The highest BCUT2D eigenvalue weighted by Crippen LogP contribution is 2.45. The first kappa shape index (κ1) is 18.9. The van der Waals surface area contributed by atoms with Crippen molar-refractivity contribution in [2.45, 2.75) is 26.2 Å². The van der Waals surface area contributed by atoms with Crippen molar-refractivity contribution in [3.8, 4) is 0 Å². The summed E-state index contributed by atoms with van der Waals surface area (Å²) in [6.07, 6.45) is 0. The van der Waals surface area contributed by atoms with Gasteiger partial charge in [0.15, 0.2) is 0 Å². The SMILES string of the molecule is CN1CN(c2cc(N3CN(C)c4ccccc43)cc(C(C)(C)C)c2)c2ccccc21. The molecule has 0 unspecified atom stereocenters. The van der Waals surface area contributed by atoms with Gasteiger partial charge >= 0.3 is 0 Å². The second kappa shape index (κ2) is 6.69. The zero-order chi connectivity index (χ0) is 21.0. The lowest BCUT2D eigenvalue weighted by Crippen LogP contribution is -2.26. The minimum absolute atomic E-state index is 0.0705. The Kier molecular flexibility index (Phi) is 4.21. The molecular weight excluding hydrogens is 368 g/mol. The molecule has 0 N–H and O–H groups in total. The lowest BCUT2D eigenvalue weighted by atomic mass is 9.86. The van der Waals surface area contributed by atoms with Gasteiger partial charge in [0.05, 0.1) is 36.1 Å². The Labute approximate surface area is 179 Å². The van der Waals surface area contributed by atoms with Crippen molar-refractivity contribution in [2.75, 3.05) is 47.0 Å². The molecule has 0 atom stereocenters. The topological polar surface area (TPSA) is 13.0 Å². The minimum Gasteiger partial charge on any atom is -0.355 e. The fraction of sp³-hybridized carbons (Fsp3) is 0.308. The minimum atomic E-state index is 0.0705. The van der Waals surface area contributed by atoms with Crippen LogP contribution in [0.25, 0.3) is 0 Å². The molecule has 5 rings (SSSR count). The van der Waals surface area contributed by atoms with Crippen LogP contribution in [-0.4, -0.2) is 27.4 Å². The smallest absolute Gasteiger partial charge is 0.0950 e. The molecule has 154 valence electrons. The quantitative estimate of drug-likeness (QED) is 0.519. The van der Waals surface area contributed by atoms with Crippen LogP contribution in [0.5, 0.6) is 0 Å². The van der Waals surface area contributed by atoms with Crippen LogP contribution in [0.4, 0.5) is 34.1 Å². The molecule has 0 fully saturated rings. The highest BCUT2D eigenvalue weighted by molar-refractivity contribution is 5.86. The van der Waals surface area contributed by atoms with E-state index in [4.69, 9.17) is 0 Å². The molecule has 3 aromatic carbocycles. The molecule has 30 heavy (non-hydrogen) atoms. The van der Waals surface area contributed by atoms with Gasteiger partial charge in [-0.25, -0.2) is 0 Å². The van der Waals surface area contributed by atoms with Gasteiger partial charge < -0.3 is 19.6 Å². The molecule has 2 aliphatic rings. The Balaban J connectivity index is 1.64. The Morgan fingerprint density at radius 3 is 1.40 bits per heavy atom. The molecule has 0 saturated heterocycles. The fourth-order valence-electron chi connectivity index (χ4n) is 4.54. The number of hydrogen-bond donors (Lipinski definition) is 0. The predicted molar refractivity (Wildman–Crippen MR) is 129 cm³/mol. The summed E-state index contributed by atoms with van der Waals surface area (Å²) in [5.41, 5.74) is 9.04. The summed E-state index contributed by atoms with van der Waals surface area (Å²) in [7, 11) is 4.33. The number of hydrogen-bond acceptors (Lipinski definition) is 4. The standard InChI is InChI=1S/C26H30N4/c1-26(2,3)19-14-20(29-17-27(4)22-10-6-8-12-24(22)29)16-21(15-19)30-18-28(5)23-11-7-9-13-25(23)30/h6-16H,17-18H2,1-5H3. The Hall–Kier alpha value is -3.14. The third-order valence-electron chi connectivity index (χ3n) is 6.27. The summed E-state index contributed by atoms with van der Waals surface area (Å²) >= 11 is 0. The second-order valence-corrected chi connectivity index (χ2v) is 9.50. The van der Waals surface area contributed by atoms with Crippen molar-refractivity contribution < 1.29 is 0 Å².